The van der Waals surface area contributed by atoms with Crippen molar-refractivity contribution in [1.82, 2.24) is 20.4 Å². The maximum Gasteiger partial charge on any atom is 0.191 e. The molecule has 0 aromatic carbocycles. The minimum absolute atomic E-state index is 0.305. The predicted octanol–water partition coefficient (Wildman–Crippen LogP) is 1.87. The van der Waals surface area contributed by atoms with E-state index in [4.69, 9.17) is 4.74 Å². The van der Waals surface area contributed by atoms with Crippen LogP contribution in [0.1, 0.15) is 41.0 Å². The minimum atomic E-state index is 0.305. The molecule has 1 fully saturated rings. The fraction of sp³-hybridized carbons (Fsp3) is 0.950. The van der Waals surface area contributed by atoms with E-state index in [0.717, 1.165) is 58.3 Å². The van der Waals surface area contributed by atoms with Crippen LogP contribution >= 0.6 is 0 Å². The van der Waals surface area contributed by atoms with E-state index in [9.17, 15) is 0 Å². The molecule has 154 valence electrons. The zero-order valence-electron chi connectivity index (χ0n) is 18.2. The largest absolute Gasteiger partial charge is 0.378 e. The molecule has 0 amide bonds. The summed E-state index contributed by atoms with van der Waals surface area (Å²) < 4.78 is 5.83. The zero-order chi connectivity index (χ0) is 19.5. The number of hydrogen-bond acceptors (Lipinski definition) is 4. The highest BCUT2D eigenvalue weighted by molar-refractivity contribution is 5.79. The molecule has 0 bridgehead atoms. The molecule has 0 saturated carbocycles. The zero-order valence-corrected chi connectivity index (χ0v) is 18.2. The summed E-state index contributed by atoms with van der Waals surface area (Å²) in [6, 6.07) is 0.536. The van der Waals surface area contributed by atoms with E-state index in [-0.39, 0.29) is 0 Å². The number of piperazine rings is 1. The van der Waals surface area contributed by atoms with Crippen molar-refractivity contribution in [2.45, 2.75) is 53.2 Å². The summed E-state index contributed by atoms with van der Waals surface area (Å²) in [6.07, 6.45) is 1.30. The number of guanidine groups is 1. The van der Waals surface area contributed by atoms with E-state index >= 15 is 0 Å². The maximum atomic E-state index is 5.83. The summed E-state index contributed by atoms with van der Waals surface area (Å²) in [6.45, 7) is 18.3. The third kappa shape index (κ3) is 8.23. The molecule has 0 aliphatic carbocycles. The van der Waals surface area contributed by atoms with Gasteiger partial charge in [0.05, 0.1) is 6.10 Å². The molecule has 6 nitrogen and oxygen atoms in total. The van der Waals surface area contributed by atoms with Crippen molar-refractivity contribution in [2.24, 2.45) is 16.8 Å². The van der Waals surface area contributed by atoms with Crippen molar-refractivity contribution in [3.05, 3.63) is 0 Å². The summed E-state index contributed by atoms with van der Waals surface area (Å²) >= 11 is 0. The van der Waals surface area contributed by atoms with Crippen LogP contribution in [0.4, 0.5) is 0 Å². The summed E-state index contributed by atoms with van der Waals surface area (Å²) in [7, 11) is 4.05. The van der Waals surface area contributed by atoms with Crippen LogP contribution in [0.15, 0.2) is 4.99 Å². The lowest BCUT2D eigenvalue weighted by molar-refractivity contribution is 0.0258. The lowest BCUT2D eigenvalue weighted by atomic mass is 10.0. The second-order valence-corrected chi connectivity index (χ2v) is 8.06. The molecule has 1 aliphatic rings. The van der Waals surface area contributed by atoms with E-state index in [1.807, 2.05) is 7.05 Å². The molecule has 1 heterocycles. The van der Waals surface area contributed by atoms with Crippen molar-refractivity contribution in [3.63, 3.8) is 0 Å². The first-order valence-corrected chi connectivity index (χ1v) is 10.4. The SMILES string of the molecule is CCOC(CCNC(=NC)NCC(C(C)C)N1CCN(C)CC1)C(C)C. The molecule has 2 N–H and O–H groups in total. The van der Waals surface area contributed by atoms with Gasteiger partial charge in [-0.1, -0.05) is 27.7 Å². The van der Waals surface area contributed by atoms with Gasteiger partial charge in [0.2, 0.25) is 0 Å². The Morgan fingerprint density at radius 1 is 1.04 bits per heavy atom. The van der Waals surface area contributed by atoms with Gasteiger partial charge in [0, 0.05) is 59.0 Å². The Hall–Kier alpha value is -0.850. The Kier molecular flexibility index (Phi) is 11.2. The molecule has 0 radical (unpaired) electrons. The molecule has 0 spiro atoms. The lowest BCUT2D eigenvalue weighted by Gasteiger charge is -2.40. The van der Waals surface area contributed by atoms with Crippen LogP contribution < -0.4 is 10.6 Å². The smallest absolute Gasteiger partial charge is 0.191 e. The van der Waals surface area contributed by atoms with Gasteiger partial charge >= 0.3 is 0 Å². The molecule has 26 heavy (non-hydrogen) atoms. The second kappa shape index (κ2) is 12.5. The first-order valence-electron chi connectivity index (χ1n) is 10.4. The van der Waals surface area contributed by atoms with E-state index in [0.29, 0.717) is 24.0 Å². The van der Waals surface area contributed by atoms with Crippen LogP contribution in [-0.4, -0.2) is 87.9 Å². The topological polar surface area (TPSA) is 52.1 Å². The van der Waals surface area contributed by atoms with Crippen molar-refractivity contribution in [2.75, 3.05) is 60.0 Å². The van der Waals surface area contributed by atoms with E-state index in [1.54, 1.807) is 0 Å². The third-order valence-corrected chi connectivity index (χ3v) is 5.32. The summed E-state index contributed by atoms with van der Waals surface area (Å²) in [5.74, 6) is 2.05. The second-order valence-electron chi connectivity index (χ2n) is 8.06. The van der Waals surface area contributed by atoms with Gasteiger partial charge in [-0.05, 0) is 32.2 Å². The van der Waals surface area contributed by atoms with Crippen LogP contribution in [0, 0.1) is 11.8 Å². The van der Waals surface area contributed by atoms with Crippen molar-refractivity contribution in [1.29, 1.82) is 0 Å². The van der Waals surface area contributed by atoms with Crippen LogP contribution in [0.25, 0.3) is 0 Å². The number of nitrogens with one attached hydrogen (secondary N) is 2. The Balaban J connectivity index is 2.43. The van der Waals surface area contributed by atoms with Crippen LogP contribution in [0.5, 0.6) is 0 Å². The highest BCUT2D eigenvalue weighted by Crippen LogP contribution is 2.13. The van der Waals surface area contributed by atoms with Crippen molar-refractivity contribution < 1.29 is 4.74 Å². The van der Waals surface area contributed by atoms with Gasteiger partial charge in [0.1, 0.15) is 0 Å². The molecule has 0 aromatic heterocycles. The number of rotatable bonds is 10. The number of hydrogen-bond donors (Lipinski definition) is 2. The Labute approximate surface area is 161 Å². The molecular formula is C20H43N5O. The highest BCUT2D eigenvalue weighted by Gasteiger charge is 2.25. The van der Waals surface area contributed by atoms with Gasteiger partial charge in [-0.2, -0.15) is 0 Å². The molecule has 1 aliphatic heterocycles. The van der Waals surface area contributed by atoms with Gasteiger partial charge in [0.15, 0.2) is 5.96 Å². The minimum Gasteiger partial charge on any atom is -0.378 e. The number of aliphatic imine (C=N–C) groups is 1. The van der Waals surface area contributed by atoms with Crippen molar-refractivity contribution in [3.8, 4) is 0 Å². The monoisotopic (exact) mass is 369 g/mol. The van der Waals surface area contributed by atoms with Gasteiger partial charge in [0.25, 0.3) is 0 Å². The summed E-state index contributed by atoms with van der Waals surface area (Å²) in [4.78, 5) is 9.42. The standard InChI is InChI=1S/C20H43N5O/c1-8-26-19(17(4)5)9-10-22-20(21-6)23-15-18(16(2)3)25-13-11-24(7)12-14-25/h16-19H,8-15H2,1-7H3,(H2,21,22,23). The van der Waals surface area contributed by atoms with E-state index < -0.39 is 0 Å². The molecule has 6 heteroatoms. The van der Waals surface area contributed by atoms with Crippen LogP contribution in [0.3, 0.4) is 0 Å². The lowest BCUT2D eigenvalue weighted by Crippen LogP contribution is -2.55. The maximum absolute atomic E-state index is 5.83. The highest BCUT2D eigenvalue weighted by atomic mass is 16.5. The van der Waals surface area contributed by atoms with Crippen LogP contribution in [-0.2, 0) is 4.74 Å². The van der Waals surface area contributed by atoms with Crippen molar-refractivity contribution >= 4 is 5.96 Å². The van der Waals surface area contributed by atoms with Gasteiger partial charge in [-0.3, -0.25) is 9.89 Å². The number of ether oxygens (including phenoxy) is 1. The average Bonchev–Trinajstić information content (AvgIpc) is 2.60. The Bertz CT molecular complexity index is 392. The third-order valence-electron chi connectivity index (χ3n) is 5.32. The van der Waals surface area contributed by atoms with Crippen LogP contribution in [0.2, 0.25) is 0 Å². The fourth-order valence-corrected chi connectivity index (χ4v) is 3.52. The molecule has 0 aromatic rings. The normalized spacial score (nSPS) is 19.8. The molecular weight excluding hydrogens is 326 g/mol. The predicted molar refractivity (Wildman–Crippen MR) is 112 cm³/mol. The molecule has 1 saturated heterocycles. The van der Waals surface area contributed by atoms with E-state index in [2.05, 4.69) is 67.1 Å². The molecule has 2 atom stereocenters. The Morgan fingerprint density at radius 3 is 2.19 bits per heavy atom. The Morgan fingerprint density at radius 2 is 1.69 bits per heavy atom. The average molecular weight is 370 g/mol. The number of nitrogens with zero attached hydrogens (tertiary/aromatic N) is 3. The first kappa shape index (κ1) is 23.2. The summed E-state index contributed by atoms with van der Waals surface area (Å²) in [5.41, 5.74) is 0. The fourth-order valence-electron chi connectivity index (χ4n) is 3.52. The number of likely N-dealkylation sites (N-methyl/N-ethyl adjacent to an activating group) is 1. The molecule has 1 rings (SSSR count). The molecule has 2 unspecified atom stereocenters. The van der Waals surface area contributed by atoms with Gasteiger partial charge in [-0.15, -0.1) is 0 Å². The quantitative estimate of drug-likeness (QED) is 0.455. The summed E-state index contributed by atoms with van der Waals surface area (Å²) in [5, 5.41) is 6.99. The van der Waals surface area contributed by atoms with Gasteiger partial charge < -0.3 is 20.3 Å². The first-order chi connectivity index (χ1) is 12.4. The van der Waals surface area contributed by atoms with Gasteiger partial charge in [-0.25, -0.2) is 0 Å². The van der Waals surface area contributed by atoms with E-state index in [1.165, 1.54) is 0 Å².